The number of rotatable bonds is 28. The molecule has 2 fully saturated rings. The number of hydrogen-bond acceptors (Lipinski definition) is 20. The van der Waals surface area contributed by atoms with Crippen LogP contribution in [-0.2, 0) is 69.0 Å². The first-order chi connectivity index (χ1) is 39.3. The minimum Gasteiger partial charge on any atom is -0.547 e. The van der Waals surface area contributed by atoms with Crippen molar-refractivity contribution < 1.29 is 146 Å². The molecule has 28 heteroatoms. The smallest absolute Gasteiger partial charge is 0.547 e. The predicted molar refractivity (Wildman–Crippen MR) is 279 cm³/mol. The zero-order chi connectivity index (χ0) is 59.1. The first kappa shape index (κ1) is 67.5. The van der Waals surface area contributed by atoms with Gasteiger partial charge in [-0.3, -0.25) is 39.6 Å². The number of carbonyl (C=O) groups excluding carboxylic acids is 10. The van der Waals surface area contributed by atoms with Crippen molar-refractivity contribution in [3.8, 4) is 0 Å². The molecular formula is C56H58N8Na2O18. The maximum Gasteiger partial charge on any atom is 1.00 e. The molecule has 0 aliphatic heterocycles. The van der Waals surface area contributed by atoms with E-state index in [1.165, 1.54) is 36.4 Å². The molecule has 4 aliphatic carbocycles. The summed E-state index contributed by atoms with van der Waals surface area (Å²) in [7, 11) is 0. The van der Waals surface area contributed by atoms with Gasteiger partial charge in [0.2, 0.25) is 12.8 Å². The maximum atomic E-state index is 13.4. The van der Waals surface area contributed by atoms with Gasteiger partial charge in [-0.15, -0.1) is 0 Å². The van der Waals surface area contributed by atoms with Crippen molar-refractivity contribution in [3.05, 3.63) is 141 Å². The van der Waals surface area contributed by atoms with E-state index in [4.69, 9.17) is 51.3 Å². The second-order valence-electron chi connectivity index (χ2n) is 19.6. The standard InChI is InChI=1S/2C28H30N4O9.2Na/c2*29-25(30)17-6-8-18(9-7-17)26(37)32-12-16-4-10-19(11-5-16)40-27(38)28(41-39-14-23(35)36)21-3-1-2-20(24(21)28)22(34)13-31-15-33;;/h2*1-3,6-9,15-16,19H,4-5,10-14H2,(H3,29,30)(H,31,33)(H,32,37)(H,35,36);;/q;;2*+1/p-2/t2*16-,19-,28?;;. The van der Waals surface area contributed by atoms with Crippen molar-refractivity contribution in [1.82, 2.24) is 21.3 Å². The second kappa shape index (κ2) is 31.1. The number of nitrogens with one attached hydrogen (secondary N) is 6. The average molecular weight is 1180 g/mol. The summed E-state index contributed by atoms with van der Waals surface area (Å²) in [4.78, 5) is 140. The van der Waals surface area contributed by atoms with Crippen molar-refractivity contribution in [2.75, 3.05) is 39.4 Å². The molecule has 26 nitrogen and oxygen atoms in total. The Morgan fingerprint density at radius 1 is 0.524 bits per heavy atom. The Morgan fingerprint density at radius 3 is 1.17 bits per heavy atom. The van der Waals surface area contributed by atoms with Crippen molar-refractivity contribution in [3.63, 3.8) is 0 Å². The number of carbonyl (C=O) groups is 10. The Balaban J connectivity index is 0.000000300. The molecule has 8 rings (SSSR count). The Bertz CT molecular complexity index is 2930. The Hall–Kier alpha value is -7.24. The first-order valence-electron chi connectivity index (χ1n) is 25.9. The van der Waals surface area contributed by atoms with Crippen LogP contribution in [0.1, 0.15) is 126 Å². The predicted octanol–water partition coefficient (Wildman–Crippen LogP) is -6.62. The zero-order valence-corrected chi connectivity index (χ0v) is 49.9. The van der Waals surface area contributed by atoms with E-state index in [-0.39, 0.29) is 130 Å². The van der Waals surface area contributed by atoms with Crippen LogP contribution in [0, 0.1) is 22.7 Å². The van der Waals surface area contributed by atoms with Gasteiger partial charge in [0, 0.05) is 68.7 Å². The number of esters is 2. The molecule has 4 amide bonds. The number of hydrogen-bond donors (Lipinski definition) is 8. The fourth-order valence-corrected chi connectivity index (χ4v) is 9.86. The molecule has 0 heterocycles. The SMILES string of the molecule is N=C(N)c1ccc(C(=O)NC[C@H]2CC[C@H](OC(=O)C3(OOCC(=O)[O-])c4cccc(C(=O)CNC=O)c43)CC2)cc1.N=C(N)c1ccc(C(=O)NC[C@H]2CC[C@H](OC(=O)C3(OOCC(=O)[O-])c4cccc(C(=O)CNC=O)c43)CC2)cc1.[Na+].[Na+]. The van der Waals surface area contributed by atoms with Gasteiger partial charge in [-0.05, 0) is 87.5 Å². The molecule has 2 unspecified atom stereocenters. The number of fused-ring (bicyclic) bond motifs is 2. The summed E-state index contributed by atoms with van der Waals surface area (Å²) in [6.45, 7) is -1.65. The molecule has 0 spiro atoms. The number of amidine groups is 2. The molecule has 2 saturated carbocycles. The van der Waals surface area contributed by atoms with Gasteiger partial charge in [-0.1, -0.05) is 60.7 Å². The molecule has 0 bridgehead atoms. The summed E-state index contributed by atoms with van der Waals surface area (Å²) < 4.78 is 11.5. The first-order valence-corrected chi connectivity index (χ1v) is 25.9. The van der Waals surface area contributed by atoms with Crippen molar-refractivity contribution in [2.45, 2.75) is 74.8 Å². The largest absolute Gasteiger partial charge is 1.00 e. The number of benzene rings is 4. The summed E-state index contributed by atoms with van der Waals surface area (Å²) in [6, 6.07) is 21.9. The second-order valence-corrected chi connectivity index (χ2v) is 19.6. The van der Waals surface area contributed by atoms with Crippen molar-refractivity contribution >= 4 is 71.7 Å². The summed E-state index contributed by atoms with van der Waals surface area (Å²) in [5.41, 5.74) is 10.2. The molecule has 4 aromatic carbocycles. The van der Waals surface area contributed by atoms with Gasteiger partial charge in [-0.2, -0.15) is 0 Å². The number of carboxylic acid groups (broad SMARTS) is 2. The Kier molecular flexibility index (Phi) is 25.0. The van der Waals surface area contributed by atoms with Crippen molar-refractivity contribution in [2.24, 2.45) is 23.3 Å². The molecule has 4 aliphatic rings. The van der Waals surface area contributed by atoms with Crippen LogP contribution in [-0.4, -0.2) is 123 Å². The summed E-state index contributed by atoms with van der Waals surface area (Å²) in [5, 5.41) is 46.9. The zero-order valence-electron chi connectivity index (χ0n) is 45.9. The molecular weight excluding hydrogens is 1120 g/mol. The Labute approximate surface area is 524 Å². The average Bonchev–Trinajstić information content (AvgIpc) is 1.56. The number of ketones is 2. The molecule has 84 heavy (non-hydrogen) atoms. The number of Topliss-reactive ketones (excluding diaryl/α,β-unsaturated/α-hetero) is 2. The van der Waals surface area contributed by atoms with Gasteiger partial charge in [0.1, 0.15) is 37.1 Å². The summed E-state index contributed by atoms with van der Waals surface area (Å²) in [5.74, 6) is -6.12. The van der Waals surface area contributed by atoms with Gasteiger partial charge in [0.05, 0.1) is 25.0 Å². The van der Waals surface area contributed by atoms with E-state index >= 15 is 0 Å². The fraction of sp³-hybridized carbons (Fsp3) is 0.357. The molecule has 10 N–H and O–H groups in total. The van der Waals surface area contributed by atoms with Crippen LogP contribution in [0.25, 0.3) is 0 Å². The number of amides is 4. The van der Waals surface area contributed by atoms with Crippen LogP contribution in [0.2, 0.25) is 0 Å². The van der Waals surface area contributed by atoms with Crippen LogP contribution >= 0.6 is 0 Å². The van der Waals surface area contributed by atoms with E-state index < -0.39 is 72.1 Å². The van der Waals surface area contributed by atoms with Crippen molar-refractivity contribution in [1.29, 1.82) is 10.8 Å². The third kappa shape index (κ3) is 16.6. The minimum atomic E-state index is -1.91. The van der Waals surface area contributed by atoms with Gasteiger partial charge >= 0.3 is 71.1 Å². The van der Waals surface area contributed by atoms with E-state index in [1.54, 1.807) is 48.5 Å². The van der Waals surface area contributed by atoms with E-state index in [2.05, 4.69) is 21.3 Å². The van der Waals surface area contributed by atoms with Crippen LogP contribution < -0.4 is 102 Å². The number of carboxylic acids is 2. The number of nitrogens with two attached hydrogens (primary N) is 2. The normalized spacial score (nSPS) is 20.2. The Morgan fingerprint density at radius 2 is 0.857 bits per heavy atom. The van der Waals surface area contributed by atoms with Crippen LogP contribution in [0.5, 0.6) is 0 Å². The maximum absolute atomic E-state index is 13.4. The number of ether oxygens (including phenoxy) is 2. The van der Waals surface area contributed by atoms with E-state index in [0.717, 1.165) is 0 Å². The number of aliphatic carboxylic acids is 2. The minimum absolute atomic E-state index is 0. The van der Waals surface area contributed by atoms with Gasteiger partial charge in [0.15, 0.2) is 11.6 Å². The van der Waals surface area contributed by atoms with Gasteiger partial charge in [-0.25, -0.2) is 29.1 Å². The van der Waals surface area contributed by atoms with E-state index in [0.29, 0.717) is 111 Å². The van der Waals surface area contributed by atoms with Crippen LogP contribution in [0.3, 0.4) is 0 Å². The summed E-state index contributed by atoms with van der Waals surface area (Å²) >= 11 is 0. The van der Waals surface area contributed by atoms with E-state index in [1.807, 2.05) is 0 Å². The molecule has 0 saturated heterocycles. The van der Waals surface area contributed by atoms with Gasteiger partial charge in [0.25, 0.3) is 23.0 Å². The topological polar surface area (TPSA) is 420 Å². The summed E-state index contributed by atoms with van der Waals surface area (Å²) in [6.07, 6.45) is 4.55. The molecule has 4 aromatic rings. The molecule has 2 atom stereocenters. The quantitative estimate of drug-likeness (QED) is 0.00383. The molecule has 0 aromatic heterocycles. The third-order valence-electron chi connectivity index (χ3n) is 14.2. The third-order valence-corrected chi connectivity index (χ3v) is 14.2. The molecule has 432 valence electrons. The van der Waals surface area contributed by atoms with Crippen LogP contribution in [0.4, 0.5) is 0 Å². The monoisotopic (exact) mass is 1180 g/mol. The number of nitrogen functional groups attached to an aromatic ring is 2. The van der Waals surface area contributed by atoms with E-state index in [9.17, 15) is 58.2 Å². The molecule has 0 radical (unpaired) electrons. The van der Waals surface area contributed by atoms with Crippen LogP contribution in [0.15, 0.2) is 84.9 Å². The fourth-order valence-electron chi connectivity index (χ4n) is 9.86. The van der Waals surface area contributed by atoms with Gasteiger partial charge < -0.3 is 62.0 Å².